The molecule has 2 N–H and O–H groups in total. The summed E-state index contributed by atoms with van der Waals surface area (Å²) in [6.45, 7) is 0. The van der Waals surface area contributed by atoms with Gasteiger partial charge in [-0.25, -0.2) is 13.6 Å². The minimum atomic E-state index is -1.39. The van der Waals surface area contributed by atoms with Crippen molar-refractivity contribution < 1.29 is 23.5 Å². The van der Waals surface area contributed by atoms with Crippen LogP contribution < -0.4 is 5.32 Å². The number of hydrogen-bond acceptors (Lipinski definition) is 2. The molecule has 2 aromatic rings. The second kappa shape index (κ2) is 7.59. The highest BCUT2D eigenvalue weighted by Gasteiger charge is 2.24. The van der Waals surface area contributed by atoms with Crippen molar-refractivity contribution in [2.24, 2.45) is 0 Å². The van der Waals surface area contributed by atoms with Gasteiger partial charge in [0.05, 0.1) is 5.56 Å². The Labute approximate surface area is 146 Å². The molecule has 0 unspecified atom stereocenters. The molecule has 0 aliphatic rings. The third-order valence-electron chi connectivity index (χ3n) is 3.25. The van der Waals surface area contributed by atoms with Crippen LogP contribution in [-0.4, -0.2) is 23.0 Å². The van der Waals surface area contributed by atoms with E-state index in [1.54, 1.807) is 6.07 Å². The molecule has 0 fully saturated rings. The van der Waals surface area contributed by atoms with E-state index in [0.29, 0.717) is 11.6 Å². The van der Waals surface area contributed by atoms with E-state index in [0.717, 1.165) is 12.1 Å². The van der Waals surface area contributed by atoms with Gasteiger partial charge in [0.2, 0.25) is 0 Å². The Kier molecular flexibility index (Phi) is 5.75. The molecule has 1 atom stereocenters. The van der Waals surface area contributed by atoms with E-state index in [1.807, 2.05) is 0 Å². The van der Waals surface area contributed by atoms with Crippen molar-refractivity contribution in [3.05, 3.63) is 69.2 Å². The lowest BCUT2D eigenvalue weighted by molar-refractivity contribution is -0.139. The van der Waals surface area contributed by atoms with Gasteiger partial charge in [-0.3, -0.25) is 4.79 Å². The molecule has 0 saturated carbocycles. The lowest BCUT2D eigenvalue weighted by Crippen LogP contribution is -2.42. The van der Waals surface area contributed by atoms with E-state index in [4.69, 9.17) is 23.2 Å². The summed E-state index contributed by atoms with van der Waals surface area (Å²) in [6.07, 6.45) is -0.192. The Morgan fingerprint density at radius 2 is 1.75 bits per heavy atom. The number of carbonyl (C=O) groups is 2. The molecule has 24 heavy (non-hydrogen) atoms. The number of carboxylic acid groups (broad SMARTS) is 1. The molecule has 2 aromatic carbocycles. The van der Waals surface area contributed by atoms with Crippen LogP contribution in [0.2, 0.25) is 10.0 Å². The van der Waals surface area contributed by atoms with Gasteiger partial charge in [-0.15, -0.1) is 0 Å². The predicted molar refractivity (Wildman–Crippen MR) is 85.4 cm³/mol. The standard InChI is InChI=1S/C16H11Cl2F2NO3/c17-11-2-1-3-12(18)10(11)7-14(16(23)24)21-15(22)9-5-4-8(19)6-13(9)20/h1-6,14H,7H2,(H,21,22)(H,23,24)/t14-/m1/s1. The average molecular weight is 374 g/mol. The first kappa shape index (κ1) is 18.2. The number of benzene rings is 2. The van der Waals surface area contributed by atoms with Crippen LogP contribution in [0.4, 0.5) is 8.78 Å². The van der Waals surface area contributed by atoms with Crippen molar-refractivity contribution >= 4 is 35.1 Å². The van der Waals surface area contributed by atoms with Crippen LogP contribution >= 0.6 is 23.2 Å². The molecule has 0 aliphatic carbocycles. The lowest BCUT2D eigenvalue weighted by Gasteiger charge is -2.16. The third kappa shape index (κ3) is 4.21. The van der Waals surface area contributed by atoms with Crippen LogP contribution in [0.15, 0.2) is 36.4 Å². The number of carbonyl (C=O) groups excluding carboxylic acids is 1. The maximum atomic E-state index is 13.6. The van der Waals surface area contributed by atoms with Crippen molar-refractivity contribution in [2.75, 3.05) is 0 Å². The Balaban J connectivity index is 2.23. The molecule has 0 spiro atoms. The summed E-state index contributed by atoms with van der Waals surface area (Å²) >= 11 is 12.0. The first-order chi connectivity index (χ1) is 11.3. The zero-order valence-electron chi connectivity index (χ0n) is 12.0. The monoisotopic (exact) mass is 373 g/mol. The summed E-state index contributed by atoms with van der Waals surface area (Å²) in [5.74, 6) is -4.26. The Bertz CT molecular complexity index is 779. The largest absolute Gasteiger partial charge is 0.480 e. The van der Waals surface area contributed by atoms with E-state index >= 15 is 0 Å². The summed E-state index contributed by atoms with van der Waals surface area (Å²) in [5, 5.41) is 11.9. The van der Waals surface area contributed by atoms with Crippen LogP contribution in [0.3, 0.4) is 0 Å². The summed E-state index contributed by atoms with van der Waals surface area (Å²) in [5.41, 5.74) is -0.124. The fraction of sp³-hybridized carbons (Fsp3) is 0.125. The highest BCUT2D eigenvalue weighted by molar-refractivity contribution is 6.36. The van der Waals surface area contributed by atoms with Gasteiger partial charge in [0, 0.05) is 22.5 Å². The maximum Gasteiger partial charge on any atom is 0.326 e. The molecular formula is C16H11Cl2F2NO3. The Morgan fingerprint density at radius 1 is 1.12 bits per heavy atom. The quantitative estimate of drug-likeness (QED) is 0.839. The van der Waals surface area contributed by atoms with Crippen LogP contribution in [-0.2, 0) is 11.2 Å². The van der Waals surface area contributed by atoms with Gasteiger partial charge in [-0.1, -0.05) is 29.3 Å². The van der Waals surface area contributed by atoms with E-state index in [-0.39, 0.29) is 16.5 Å². The van der Waals surface area contributed by atoms with Gasteiger partial charge < -0.3 is 10.4 Å². The van der Waals surface area contributed by atoms with Gasteiger partial charge >= 0.3 is 5.97 Å². The summed E-state index contributed by atoms with van der Waals surface area (Å²) in [6, 6.07) is 5.64. The van der Waals surface area contributed by atoms with Crippen molar-refractivity contribution in [3.63, 3.8) is 0 Å². The minimum absolute atomic E-state index is 0.192. The van der Waals surface area contributed by atoms with Crippen LogP contribution in [0, 0.1) is 11.6 Å². The number of carboxylic acids is 1. The van der Waals surface area contributed by atoms with Crippen LogP contribution in [0.25, 0.3) is 0 Å². The van der Waals surface area contributed by atoms with Gasteiger partial charge in [0.25, 0.3) is 5.91 Å². The summed E-state index contributed by atoms with van der Waals surface area (Å²) < 4.78 is 26.5. The second-order valence-electron chi connectivity index (χ2n) is 4.89. The molecule has 0 saturated heterocycles. The third-order valence-corrected chi connectivity index (χ3v) is 3.96. The molecule has 0 heterocycles. The Morgan fingerprint density at radius 3 is 2.29 bits per heavy atom. The molecular weight excluding hydrogens is 363 g/mol. The van der Waals surface area contributed by atoms with Gasteiger partial charge in [0.15, 0.2) is 0 Å². The molecule has 126 valence electrons. The van der Waals surface area contributed by atoms with Crippen molar-refractivity contribution in [2.45, 2.75) is 12.5 Å². The normalized spacial score (nSPS) is 11.8. The summed E-state index contributed by atoms with van der Waals surface area (Å²) in [7, 11) is 0. The maximum absolute atomic E-state index is 13.6. The molecule has 1 amide bonds. The smallest absolute Gasteiger partial charge is 0.326 e. The first-order valence-electron chi connectivity index (χ1n) is 6.71. The zero-order chi connectivity index (χ0) is 17.9. The van der Waals surface area contributed by atoms with E-state index in [9.17, 15) is 23.5 Å². The van der Waals surface area contributed by atoms with Crippen LogP contribution in [0.1, 0.15) is 15.9 Å². The molecule has 0 aromatic heterocycles. The number of aliphatic carboxylic acids is 1. The topological polar surface area (TPSA) is 66.4 Å². The van der Waals surface area contributed by atoms with E-state index in [2.05, 4.69) is 5.32 Å². The second-order valence-corrected chi connectivity index (χ2v) is 5.71. The van der Waals surface area contributed by atoms with Crippen molar-refractivity contribution in [3.8, 4) is 0 Å². The first-order valence-corrected chi connectivity index (χ1v) is 7.46. The fourth-order valence-corrected chi connectivity index (χ4v) is 2.59. The predicted octanol–water partition coefficient (Wildman–Crippen LogP) is 3.70. The minimum Gasteiger partial charge on any atom is -0.480 e. The SMILES string of the molecule is O=C(N[C@H](Cc1c(Cl)cccc1Cl)C(=O)O)c1ccc(F)cc1F. The van der Waals surface area contributed by atoms with Gasteiger partial charge in [-0.2, -0.15) is 0 Å². The summed E-state index contributed by atoms with van der Waals surface area (Å²) in [4.78, 5) is 23.4. The number of nitrogens with one attached hydrogen (secondary N) is 1. The number of halogens is 4. The molecule has 4 nitrogen and oxygen atoms in total. The van der Waals surface area contributed by atoms with Crippen LogP contribution in [0.5, 0.6) is 0 Å². The van der Waals surface area contributed by atoms with Crippen molar-refractivity contribution in [1.29, 1.82) is 0 Å². The van der Waals surface area contributed by atoms with Gasteiger partial charge in [-0.05, 0) is 29.8 Å². The van der Waals surface area contributed by atoms with E-state index in [1.165, 1.54) is 12.1 Å². The van der Waals surface area contributed by atoms with Gasteiger partial charge in [0.1, 0.15) is 17.7 Å². The number of hydrogen-bond donors (Lipinski definition) is 2. The highest BCUT2D eigenvalue weighted by atomic mass is 35.5. The Hall–Kier alpha value is -2.18. The number of amides is 1. The molecule has 8 heteroatoms. The van der Waals surface area contributed by atoms with E-state index < -0.39 is 35.1 Å². The molecule has 0 radical (unpaired) electrons. The molecule has 0 aliphatic heterocycles. The zero-order valence-corrected chi connectivity index (χ0v) is 13.5. The number of rotatable bonds is 5. The lowest BCUT2D eigenvalue weighted by atomic mass is 10.0. The molecule has 2 rings (SSSR count). The highest BCUT2D eigenvalue weighted by Crippen LogP contribution is 2.25. The fourth-order valence-electron chi connectivity index (χ4n) is 2.04. The average Bonchev–Trinajstić information content (AvgIpc) is 2.49. The molecule has 0 bridgehead atoms. The van der Waals surface area contributed by atoms with Crippen molar-refractivity contribution in [1.82, 2.24) is 5.32 Å².